The van der Waals surface area contributed by atoms with Crippen molar-refractivity contribution in [1.82, 2.24) is 25.2 Å². The minimum Gasteiger partial charge on any atom is -0.357 e. The second-order valence-corrected chi connectivity index (χ2v) is 6.41. The van der Waals surface area contributed by atoms with Crippen LogP contribution in [-0.4, -0.2) is 40.1 Å². The third-order valence-corrected chi connectivity index (χ3v) is 4.40. The number of imidazole rings is 1. The Hall–Kier alpha value is -2.16. The molecule has 6 nitrogen and oxygen atoms in total. The fraction of sp³-hybridized carbons (Fsp3) is 0.381. The zero-order valence-electron chi connectivity index (χ0n) is 16.6. The fourth-order valence-electron chi connectivity index (χ4n) is 3.09. The van der Waals surface area contributed by atoms with E-state index < -0.39 is 0 Å². The molecule has 0 radical (unpaired) electrons. The Morgan fingerprint density at radius 3 is 2.71 bits per heavy atom. The van der Waals surface area contributed by atoms with Gasteiger partial charge < -0.3 is 15.2 Å². The number of hydrogen-bond acceptors (Lipinski definition) is 3. The molecular formula is C21H29IN6. The quantitative estimate of drug-likeness (QED) is 0.219. The van der Waals surface area contributed by atoms with Gasteiger partial charge in [-0.05, 0) is 44.5 Å². The molecule has 2 N–H and O–H groups in total. The molecule has 0 aliphatic rings. The summed E-state index contributed by atoms with van der Waals surface area (Å²) in [6.45, 7) is 7.49. The molecule has 0 fully saturated rings. The van der Waals surface area contributed by atoms with Crippen molar-refractivity contribution in [2.45, 2.75) is 33.2 Å². The first-order valence-electron chi connectivity index (χ1n) is 9.62. The van der Waals surface area contributed by atoms with Crippen LogP contribution in [-0.2, 0) is 13.0 Å². The van der Waals surface area contributed by atoms with Crippen LogP contribution in [0.1, 0.15) is 24.9 Å². The molecule has 0 unspecified atom stereocenters. The Morgan fingerprint density at radius 1 is 1.11 bits per heavy atom. The molecule has 2 aromatic heterocycles. The minimum atomic E-state index is 0. The number of aryl methyl sites for hydroxylation is 2. The van der Waals surface area contributed by atoms with Crippen molar-refractivity contribution in [1.29, 1.82) is 0 Å². The second-order valence-electron chi connectivity index (χ2n) is 6.41. The number of aromatic nitrogens is 3. The molecule has 0 aliphatic carbocycles. The third-order valence-electron chi connectivity index (χ3n) is 4.40. The Morgan fingerprint density at radius 2 is 1.93 bits per heavy atom. The zero-order valence-corrected chi connectivity index (χ0v) is 18.9. The number of hydrogen-bond donors (Lipinski definition) is 2. The number of guanidine groups is 1. The Labute approximate surface area is 183 Å². The van der Waals surface area contributed by atoms with Gasteiger partial charge in [-0.15, -0.1) is 24.0 Å². The summed E-state index contributed by atoms with van der Waals surface area (Å²) in [4.78, 5) is 13.7. The first kappa shape index (κ1) is 22.1. The first-order chi connectivity index (χ1) is 13.3. The molecule has 28 heavy (non-hydrogen) atoms. The van der Waals surface area contributed by atoms with Crippen molar-refractivity contribution in [3.05, 3.63) is 60.2 Å². The van der Waals surface area contributed by atoms with Crippen LogP contribution in [0.3, 0.4) is 0 Å². The summed E-state index contributed by atoms with van der Waals surface area (Å²) >= 11 is 0. The van der Waals surface area contributed by atoms with Gasteiger partial charge in [-0.1, -0.05) is 18.2 Å². The van der Waals surface area contributed by atoms with Crippen molar-refractivity contribution < 1.29 is 0 Å². The van der Waals surface area contributed by atoms with Gasteiger partial charge in [0, 0.05) is 44.5 Å². The van der Waals surface area contributed by atoms with E-state index in [1.807, 2.05) is 30.5 Å². The maximum absolute atomic E-state index is 4.69. The molecular weight excluding hydrogens is 463 g/mol. The normalized spacial score (nSPS) is 11.3. The lowest BCUT2D eigenvalue weighted by atomic mass is 10.3. The van der Waals surface area contributed by atoms with Crippen LogP contribution in [0.2, 0.25) is 0 Å². The average molecular weight is 492 g/mol. The van der Waals surface area contributed by atoms with Gasteiger partial charge in [-0.2, -0.15) is 0 Å². The van der Waals surface area contributed by atoms with Crippen LogP contribution in [0.4, 0.5) is 0 Å². The number of para-hydroxylation sites is 2. The smallest absolute Gasteiger partial charge is 0.191 e. The molecule has 150 valence electrons. The van der Waals surface area contributed by atoms with Crippen LogP contribution in [0.5, 0.6) is 0 Å². The van der Waals surface area contributed by atoms with Gasteiger partial charge >= 0.3 is 0 Å². The van der Waals surface area contributed by atoms with Crippen LogP contribution in [0.15, 0.2) is 53.7 Å². The van der Waals surface area contributed by atoms with Crippen molar-refractivity contribution in [3.8, 4) is 0 Å². The van der Waals surface area contributed by atoms with Gasteiger partial charge in [0.1, 0.15) is 5.82 Å². The topological polar surface area (TPSA) is 67.1 Å². The summed E-state index contributed by atoms with van der Waals surface area (Å²) < 4.78 is 2.27. The number of aliphatic imine (C=N–C) groups is 1. The Kier molecular flexibility index (Phi) is 9.19. The van der Waals surface area contributed by atoms with Gasteiger partial charge in [0.2, 0.25) is 0 Å². The zero-order chi connectivity index (χ0) is 18.9. The van der Waals surface area contributed by atoms with Crippen LogP contribution in [0.25, 0.3) is 11.0 Å². The van der Waals surface area contributed by atoms with Crippen molar-refractivity contribution in [2.24, 2.45) is 4.99 Å². The summed E-state index contributed by atoms with van der Waals surface area (Å²) in [5.74, 6) is 1.92. The molecule has 0 saturated heterocycles. The van der Waals surface area contributed by atoms with E-state index in [0.29, 0.717) is 0 Å². The molecule has 1 aromatic carbocycles. The molecule has 0 bridgehead atoms. The summed E-state index contributed by atoms with van der Waals surface area (Å²) in [5, 5.41) is 6.69. The molecule has 3 rings (SSSR count). The molecule has 7 heteroatoms. The molecule has 0 saturated carbocycles. The van der Waals surface area contributed by atoms with Gasteiger partial charge in [0.25, 0.3) is 0 Å². The largest absolute Gasteiger partial charge is 0.357 e. The summed E-state index contributed by atoms with van der Waals surface area (Å²) in [7, 11) is 0. The van der Waals surface area contributed by atoms with Crippen LogP contribution < -0.4 is 10.6 Å². The summed E-state index contributed by atoms with van der Waals surface area (Å²) in [6, 6.07) is 14.3. The lowest BCUT2D eigenvalue weighted by molar-refractivity contribution is 0.645. The number of benzene rings is 1. The van der Waals surface area contributed by atoms with E-state index in [2.05, 4.69) is 57.2 Å². The van der Waals surface area contributed by atoms with E-state index in [1.54, 1.807) is 0 Å². The van der Waals surface area contributed by atoms with Gasteiger partial charge in [-0.3, -0.25) is 9.98 Å². The third kappa shape index (κ3) is 6.19. The highest BCUT2D eigenvalue weighted by Crippen LogP contribution is 2.15. The number of fused-ring (bicyclic) bond motifs is 1. The van der Waals surface area contributed by atoms with Crippen LogP contribution >= 0.6 is 24.0 Å². The predicted molar refractivity (Wildman–Crippen MR) is 126 cm³/mol. The predicted octanol–water partition coefficient (Wildman–Crippen LogP) is 3.55. The summed E-state index contributed by atoms with van der Waals surface area (Å²) in [5.41, 5.74) is 3.34. The average Bonchev–Trinajstić information content (AvgIpc) is 3.01. The highest BCUT2D eigenvalue weighted by atomic mass is 127. The van der Waals surface area contributed by atoms with Gasteiger partial charge in [-0.25, -0.2) is 4.98 Å². The monoisotopic (exact) mass is 492 g/mol. The van der Waals surface area contributed by atoms with E-state index in [-0.39, 0.29) is 24.0 Å². The molecule has 2 heterocycles. The van der Waals surface area contributed by atoms with Gasteiger partial charge in [0.05, 0.1) is 11.0 Å². The van der Waals surface area contributed by atoms with Crippen molar-refractivity contribution >= 4 is 41.0 Å². The van der Waals surface area contributed by atoms with E-state index in [4.69, 9.17) is 4.99 Å². The van der Waals surface area contributed by atoms with E-state index in [0.717, 1.165) is 62.0 Å². The van der Waals surface area contributed by atoms with Gasteiger partial charge in [0.15, 0.2) is 5.96 Å². The molecule has 0 amide bonds. The maximum Gasteiger partial charge on any atom is 0.191 e. The van der Waals surface area contributed by atoms with E-state index in [9.17, 15) is 0 Å². The lowest BCUT2D eigenvalue weighted by Crippen LogP contribution is -2.38. The van der Waals surface area contributed by atoms with E-state index in [1.165, 1.54) is 5.52 Å². The number of pyridine rings is 1. The highest BCUT2D eigenvalue weighted by molar-refractivity contribution is 14.0. The number of halogens is 1. The van der Waals surface area contributed by atoms with E-state index >= 15 is 0 Å². The molecule has 0 spiro atoms. The number of nitrogens with one attached hydrogen (secondary N) is 2. The number of nitrogens with zero attached hydrogens (tertiary/aromatic N) is 4. The molecule has 0 aliphatic heterocycles. The number of rotatable bonds is 8. The molecule has 3 aromatic rings. The Bertz CT molecular complexity index is 875. The first-order valence-corrected chi connectivity index (χ1v) is 9.62. The van der Waals surface area contributed by atoms with Crippen molar-refractivity contribution in [2.75, 3.05) is 19.6 Å². The van der Waals surface area contributed by atoms with Crippen LogP contribution in [0, 0.1) is 6.92 Å². The second kappa shape index (κ2) is 11.6. The maximum atomic E-state index is 4.69. The standard InChI is InChI=1S/C21H28N6.HI/c1-3-22-21(25-15-12-18-9-6-7-13-23-18)24-14-8-16-27-17(2)26-19-10-4-5-11-20(19)27;/h4-7,9-11,13H,3,8,12,14-16H2,1-2H3,(H2,22,24,25);1H. The Balaban J connectivity index is 0.00000280. The highest BCUT2D eigenvalue weighted by Gasteiger charge is 2.06. The minimum absolute atomic E-state index is 0. The van der Waals surface area contributed by atoms with Crippen molar-refractivity contribution in [3.63, 3.8) is 0 Å². The SMILES string of the molecule is CCNC(=NCCCn1c(C)nc2ccccc21)NCCc1ccccn1.I. The molecule has 0 atom stereocenters. The summed E-state index contributed by atoms with van der Waals surface area (Å²) in [6.07, 6.45) is 3.68. The lowest BCUT2D eigenvalue weighted by Gasteiger charge is -2.11. The fourth-order valence-corrected chi connectivity index (χ4v) is 3.09.